The Hall–Kier alpha value is -7.76. The number of thiophene rings is 2. The highest BCUT2D eigenvalue weighted by atomic mass is 32.1. The van der Waals surface area contributed by atoms with Crippen molar-refractivity contribution in [2.24, 2.45) is 0 Å². The van der Waals surface area contributed by atoms with Crippen LogP contribution in [-0.4, -0.2) is 9.13 Å². The van der Waals surface area contributed by atoms with Crippen LogP contribution in [0.3, 0.4) is 0 Å². The van der Waals surface area contributed by atoms with Crippen LogP contribution < -0.4 is 0 Å². The summed E-state index contributed by atoms with van der Waals surface area (Å²) in [6.07, 6.45) is 0. The maximum Gasteiger partial charge on any atom is 0.0640 e. The summed E-state index contributed by atoms with van der Waals surface area (Å²) in [6.45, 7) is 0. The van der Waals surface area contributed by atoms with Crippen molar-refractivity contribution >= 4 is 107 Å². The minimum Gasteiger partial charge on any atom is -0.309 e. The average Bonchev–Trinajstić information content (AvgIpc) is 4.11. The van der Waals surface area contributed by atoms with Crippen LogP contribution in [0.1, 0.15) is 0 Å². The quantitative estimate of drug-likeness (QED) is 0.163. The van der Waals surface area contributed by atoms with Crippen LogP contribution in [-0.2, 0) is 0 Å². The molecule has 0 radical (unpaired) electrons. The van der Waals surface area contributed by atoms with E-state index in [2.05, 4.69) is 228 Å². The standard InChI is InChI=1S/C60H36N2S2/c1-2-14-42(15-3-1)61-52-23-9-5-19-49(52)59-43(20-12-24-53(59)61)41-33-39(37-29-31-58-50(35-37)47-18-7-10-26-56(47)63-58)32-40(34-41)38-28-30-45-44-16-4-8-22-51(44)62(55(45)36-38)54-25-13-21-48-46-17-6-11-27-57(46)64-60(48)54/h1-36H. The van der Waals surface area contributed by atoms with E-state index in [9.17, 15) is 0 Å². The summed E-state index contributed by atoms with van der Waals surface area (Å²) in [5.74, 6) is 0. The number of rotatable bonds is 5. The molecule has 14 aromatic rings. The summed E-state index contributed by atoms with van der Waals surface area (Å²) in [5.41, 5.74) is 14.4. The minimum atomic E-state index is 1.16. The number of aromatic nitrogens is 2. The third-order valence-corrected chi connectivity index (χ3v) is 15.7. The van der Waals surface area contributed by atoms with Crippen LogP contribution >= 0.6 is 22.7 Å². The molecule has 0 spiro atoms. The zero-order valence-corrected chi connectivity index (χ0v) is 36.1. The fraction of sp³-hybridized carbons (Fsp3) is 0. The highest BCUT2D eigenvalue weighted by Gasteiger charge is 2.20. The Morgan fingerprint density at radius 1 is 0.281 bits per heavy atom. The third-order valence-electron chi connectivity index (χ3n) is 13.3. The second-order valence-electron chi connectivity index (χ2n) is 16.8. The minimum absolute atomic E-state index is 1.16. The van der Waals surface area contributed by atoms with E-state index in [-0.39, 0.29) is 0 Å². The number of fused-ring (bicyclic) bond motifs is 12. The van der Waals surface area contributed by atoms with Crippen molar-refractivity contribution in [3.05, 3.63) is 218 Å². The number of hydrogen-bond donors (Lipinski definition) is 0. The van der Waals surface area contributed by atoms with E-state index in [1.54, 1.807) is 0 Å². The number of hydrogen-bond acceptors (Lipinski definition) is 2. The molecule has 0 fully saturated rings. The molecule has 0 unspecified atom stereocenters. The first-order chi connectivity index (χ1) is 31.7. The molecule has 0 bridgehead atoms. The largest absolute Gasteiger partial charge is 0.309 e. The zero-order valence-electron chi connectivity index (χ0n) is 34.5. The van der Waals surface area contributed by atoms with Gasteiger partial charge in [-0.1, -0.05) is 133 Å². The van der Waals surface area contributed by atoms with Gasteiger partial charge in [0.25, 0.3) is 0 Å². The zero-order chi connectivity index (χ0) is 41.9. The summed E-state index contributed by atoms with van der Waals surface area (Å²) >= 11 is 3.75. The van der Waals surface area contributed by atoms with E-state index in [1.807, 2.05) is 22.7 Å². The van der Waals surface area contributed by atoms with Crippen LogP contribution in [0.25, 0.3) is 129 Å². The van der Waals surface area contributed by atoms with E-state index in [0.717, 1.165) is 5.69 Å². The molecular weight excluding hydrogens is 813 g/mol. The lowest BCUT2D eigenvalue weighted by molar-refractivity contribution is 1.18. The van der Waals surface area contributed by atoms with E-state index in [1.165, 1.54) is 123 Å². The number of benzene rings is 10. The first kappa shape index (κ1) is 35.8. The van der Waals surface area contributed by atoms with Crippen LogP contribution in [0, 0.1) is 0 Å². The predicted octanol–water partition coefficient (Wildman–Crippen LogP) is 17.6. The van der Waals surface area contributed by atoms with Gasteiger partial charge < -0.3 is 9.13 Å². The van der Waals surface area contributed by atoms with Gasteiger partial charge in [-0.3, -0.25) is 0 Å². The molecule has 0 aliphatic rings. The maximum atomic E-state index is 2.51. The Morgan fingerprint density at radius 2 is 0.844 bits per heavy atom. The molecule has 0 N–H and O–H groups in total. The second-order valence-corrected chi connectivity index (χ2v) is 19.0. The topological polar surface area (TPSA) is 9.86 Å². The second kappa shape index (κ2) is 13.9. The van der Waals surface area contributed by atoms with E-state index in [0.29, 0.717) is 0 Å². The van der Waals surface area contributed by atoms with Crippen LogP contribution in [0.2, 0.25) is 0 Å². The summed E-state index contributed by atoms with van der Waals surface area (Å²) in [5, 5.41) is 10.2. The van der Waals surface area contributed by atoms with E-state index >= 15 is 0 Å². The van der Waals surface area contributed by atoms with E-state index in [4.69, 9.17) is 0 Å². The molecule has 0 atom stereocenters. The Labute approximate surface area is 376 Å². The molecule has 0 saturated heterocycles. The summed E-state index contributed by atoms with van der Waals surface area (Å²) in [6, 6.07) is 81.1. The molecule has 0 amide bonds. The van der Waals surface area contributed by atoms with Crippen molar-refractivity contribution in [2.75, 3.05) is 0 Å². The van der Waals surface area contributed by atoms with Gasteiger partial charge in [0.2, 0.25) is 0 Å². The molecular formula is C60H36N2S2. The van der Waals surface area contributed by atoms with E-state index < -0.39 is 0 Å². The van der Waals surface area contributed by atoms with Gasteiger partial charge >= 0.3 is 0 Å². The fourth-order valence-electron chi connectivity index (χ4n) is 10.5. The van der Waals surface area contributed by atoms with Gasteiger partial charge in [-0.2, -0.15) is 0 Å². The van der Waals surface area contributed by atoms with Crippen molar-refractivity contribution < 1.29 is 0 Å². The molecule has 4 heteroatoms. The van der Waals surface area contributed by atoms with Crippen LogP contribution in [0.15, 0.2) is 218 Å². The number of para-hydroxylation sites is 3. The molecule has 2 nitrogen and oxygen atoms in total. The molecule has 10 aromatic carbocycles. The Kier molecular flexibility index (Phi) is 7.76. The van der Waals surface area contributed by atoms with Crippen LogP contribution in [0.4, 0.5) is 0 Å². The van der Waals surface area contributed by atoms with Gasteiger partial charge in [0.1, 0.15) is 0 Å². The molecule has 14 rings (SSSR count). The van der Waals surface area contributed by atoms with Crippen molar-refractivity contribution in [1.29, 1.82) is 0 Å². The van der Waals surface area contributed by atoms with Crippen molar-refractivity contribution in [1.82, 2.24) is 9.13 Å². The van der Waals surface area contributed by atoms with Gasteiger partial charge in [0.05, 0.1) is 32.5 Å². The van der Waals surface area contributed by atoms with Crippen molar-refractivity contribution in [3.63, 3.8) is 0 Å². The summed E-state index contributed by atoms with van der Waals surface area (Å²) in [4.78, 5) is 0. The molecule has 4 heterocycles. The fourth-order valence-corrected chi connectivity index (χ4v) is 12.7. The van der Waals surface area contributed by atoms with Crippen molar-refractivity contribution in [3.8, 4) is 44.8 Å². The smallest absolute Gasteiger partial charge is 0.0640 e. The molecule has 0 aliphatic heterocycles. The first-order valence-corrected chi connectivity index (χ1v) is 23.5. The van der Waals surface area contributed by atoms with Gasteiger partial charge in [-0.25, -0.2) is 0 Å². The average molecular weight is 849 g/mol. The van der Waals surface area contributed by atoms with Crippen LogP contribution in [0.5, 0.6) is 0 Å². The first-order valence-electron chi connectivity index (χ1n) is 21.8. The predicted molar refractivity (Wildman–Crippen MR) is 277 cm³/mol. The van der Waals surface area contributed by atoms with Crippen molar-refractivity contribution in [2.45, 2.75) is 0 Å². The normalized spacial score (nSPS) is 12.1. The highest BCUT2D eigenvalue weighted by molar-refractivity contribution is 7.26. The molecule has 4 aromatic heterocycles. The van der Waals surface area contributed by atoms with Gasteiger partial charge in [0.15, 0.2) is 0 Å². The Bertz CT molecular complexity index is 4200. The van der Waals surface area contributed by atoms with Gasteiger partial charge in [-0.05, 0) is 118 Å². The highest BCUT2D eigenvalue weighted by Crippen LogP contribution is 2.45. The lowest BCUT2D eigenvalue weighted by Crippen LogP contribution is -1.94. The number of nitrogens with zero attached hydrogens (tertiary/aromatic N) is 2. The SMILES string of the molecule is c1ccc(-n2c3ccccc3c3c(-c4cc(-c5ccc6sc7ccccc7c6c5)cc(-c5ccc6c7ccccc7n(-c7cccc8c7sc7ccccc78)c6c5)c4)cccc32)cc1. The molecule has 298 valence electrons. The lowest BCUT2D eigenvalue weighted by atomic mass is 9.91. The van der Waals surface area contributed by atoms with Gasteiger partial charge in [0, 0.05) is 62.9 Å². The summed E-state index contributed by atoms with van der Waals surface area (Å²) in [7, 11) is 0. The Balaban J connectivity index is 1.04. The monoisotopic (exact) mass is 848 g/mol. The molecule has 0 aliphatic carbocycles. The van der Waals surface area contributed by atoms with Gasteiger partial charge in [-0.15, -0.1) is 22.7 Å². The Morgan fingerprint density at radius 3 is 1.66 bits per heavy atom. The third kappa shape index (κ3) is 5.30. The summed E-state index contributed by atoms with van der Waals surface area (Å²) < 4.78 is 10.2. The molecule has 0 saturated carbocycles. The lowest BCUT2D eigenvalue weighted by Gasteiger charge is -2.14. The molecule has 64 heavy (non-hydrogen) atoms. The maximum absolute atomic E-state index is 2.51.